The minimum absolute atomic E-state index is 0.315. The predicted octanol–water partition coefficient (Wildman–Crippen LogP) is 3.62. The highest BCUT2D eigenvalue weighted by atomic mass is 16.5. The Morgan fingerprint density at radius 1 is 1.16 bits per heavy atom. The van der Waals surface area contributed by atoms with E-state index in [0.29, 0.717) is 6.04 Å². The lowest BCUT2D eigenvalue weighted by Gasteiger charge is -2.20. The molecule has 134 valence electrons. The van der Waals surface area contributed by atoms with Crippen LogP contribution >= 0.6 is 0 Å². The highest BCUT2D eigenvalue weighted by molar-refractivity contribution is 5.46. The van der Waals surface area contributed by atoms with Crippen molar-refractivity contribution >= 4 is 0 Å². The lowest BCUT2D eigenvalue weighted by atomic mass is 9.97. The van der Waals surface area contributed by atoms with Gasteiger partial charge in [-0.25, -0.2) is 0 Å². The Labute approximate surface area is 149 Å². The topological polar surface area (TPSA) is 52.0 Å². The molecule has 0 fully saturated rings. The number of ether oxygens (including phenoxy) is 1. The standard InChI is InChI=1S/C20H28N4O/c1-14-11-15(2)20-16(12-14)17(7-6-10-25-20)21-13-19-23-22-18-8-4-3-5-9-24(18)19/h11-12,17,21H,3-10,13H2,1-2H3. The van der Waals surface area contributed by atoms with Gasteiger partial charge in [-0.15, -0.1) is 10.2 Å². The lowest BCUT2D eigenvalue weighted by Crippen LogP contribution is -2.23. The molecule has 0 aliphatic carbocycles. The summed E-state index contributed by atoms with van der Waals surface area (Å²) in [5.41, 5.74) is 3.83. The second-order valence-corrected chi connectivity index (χ2v) is 7.42. The summed E-state index contributed by atoms with van der Waals surface area (Å²) in [4.78, 5) is 0. The highest BCUT2D eigenvalue weighted by Gasteiger charge is 2.22. The van der Waals surface area contributed by atoms with E-state index in [9.17, 15) is 0 Å². The van der Waals surface area contributed by atoms with E-state index in [0.717, 1.165) is 56.4 Å². The van der Waals surface area contributed by atoms with Crippen LogP contribution in [-0.2, 0) is 19.5 Å². The van der Waals surface area contributed by atoms with Gasteiger partial charge >= 0.3 is 0 Å². The summed E-state index contributed by atoms with van der Waals surface area (Å²) in [5.74, 6) is 3.30. The first-order valence-electron chi connectivity index (χ1n) is 9.60. The third-order valence-corrected chi connectivity index (χ3v) is 5.40. The second kappa shape index (κ2) is 7.16. The van der Waals surface area contributed by atoms with Gasteiger partial charge in [0, 0.05) is 24.6 Å². The number of nitrogens with zero attached hydrogens (tertiary/aromatic N) is 3. The maximum absolute atomic E-state index is 6.04. The van der Waals surface area contributed by atoms with Gasteiger partial charge < -0.3 is 14.6 Å². The number of rotatable bonds is 3. The largest absolute Gasteiger partial charge is 0.493 e. The van der Waals surface area contributed by atoms with Gasteiger partial charge in [0.2, 0.25) is 0 Å². The van der Waals surface area contributed by atoms with Crippen molar-refractivity contribution in [1.82, 2.24) is 20.1 Å². The number of benzene rings is 1. The summed E-state index contributed by atoms with van der Waals surface area (Å²) in [7, 11) is 0. The van der Waals surface area contributed by atoms with Crippen LogP contribution in [0.25, 0.3) is 0 Å². The summed E-state index contributed by atoms with van der Waals surface area (Å²) in [6.45, 7) is 6.93. The molecule has 0 radical (unpaired) electrons. The maximum Gasteiger partial charge on any atom is 0.147 e. The Kier molecular flexibility index (Phi) is 4.75. The van der Waals surface area contributed by atoms with E-state index < -0.39 is 0 Å². The Bertz CT molecular complexity index is 752. The van der Waals surface area contributed by atoms with Gasteiger partial charge in [-0.2, -0.15) is 0 Å². The number of nitrogens with one attached hydrogen (secondary N) is 1. The fourth-order valence-electron chi connectivity index (χ4n) is 4.16. The van der Waals surface area contributed by atoms with Crippen molar-refractivity contribution in [3.8, 4) is 5.75 Å². The Morgan fingerprint density at radius 3 is 3.00 bits per heavy atom. The molecule has 1 aromatic heterocycles. The molecular weight excluding hydrogens is 312 g/mol. The Morgan fingerprint density at radius 2 is 2.08 bits per heavy atom. The summed E-state index contributed by atoms with van der Waals surface area (Å²) >= 11 is 0. The Hall–Kier alpha value is -1.88. The van der Waals surface area contributed by atoms with Gasteiger partial charge in [-0.05, 0) is 45.1 Å². The van der Waals surface area contributed by atoms with Crippen molar-refractivity contribution in [2.24, 2.45) is 0 Å². The van der Waals surface area contributed by atoms with E-state index in [1.807, 2.05) is 0 Å². The van der Waals surface area contributed by atoms with Crippen LogP contribution in [0.15, 0.2) is 12.1 Å². The van der Waals surface area contributed by atoms with Gasteiger partial charge in [-0.3, -0.25) is 0 Å². The molecular formula is C20H28N4O. The minimum Gasteiger partial charge on any atom is -0.493 e. The van der Waals surface area contributed by atoms with Gasteiger partial charge in [0.25, 0.3) is 0 Å². The molecule has 0 bridgehead atoms. The first kappa shape index (κ1) is 16.6. The number of hydrogen-bond acceptors (Lipinski definition) is 4. The monoisotopic (exact) mass is 340 g/mol. The minimum atomic E-state index is 0.315. The van der Waals surface area contributed by atoms with Crippen LogP contribution < -0.4 is 10.1 Å². The van der Waals surface area contributed by atoms with Crippen LogP contribution in [0.4, 0.5) is 0 Å². The van der Waals surface area contributed by atoms with Gasteiger partial charge in [0.15, 0.2) is 0 Å². The maximum atomic E-state index is 6.04. The predicted molar refractivity (Wildman–Crippen MR) is 97.8 cm³/mol. The van der Waals surface area contributed by atoms with E-state index in [-0.39, 0.29) is 0 Å². The van der Waals surface area contributed by atoms with Crippen LogP contribution in [-0.4, -0.2) is 21.4 Å². The van der Waals surface area contributed by atoms with E-state index in [2.05, 4.69) is 46.1 Å². The fourth-order valence-corrected chi connectivity index (χ4v) is 4.16. The van der Waals surface area contributed by atoms with Crippen LogP contribution in [0, 0.1) is 13.8 Å². The summed E-state index contributed by atoms with van der Waals surface area (Å²) in [6, 6.07) is 4.80. The van der Waals surface area contributed by atoms with Crippen molar-refractivity contribution in [2.45, 2.75) is 71.5 Å². The van der Waals surface area contributed by atoms with Crippen molar-refractivity contribution < 1.29 is 4.74 Å². The van der Waals surface area contributed by atoms with E-state index >= 15 is 0 Å². The van der Waals surface area contributed by atoms with E-state index in [1.54, 1.807) is 0 Å². The zero-order chi connectivity index (χ0) is 17.2. The first-order valence-corrected chi connectivity index (χ1v) is 9.60. The molecule has 1 aromatic carbocycles. The zero-order valence-electron chi connectivity index (χ0n) is 15.3. The molecule has 2 aliphatic rings. The van der Waals surface area contributed by atoms with Crippen LogP contribution in [0.2, 0.25) is 0 Å². The SMILES string of the molecule is Cc1cc(C)c2c(c1)C(NCc1nnc3n1CCCCC3)CCCO2. The van der Waals surface area contributed by atoms with Gasteiger partial charge in [-0.1, -0.05) is 24.1 Å². The number of hydrogen-bond donors (Lipinski definition) is 1. The number of fused-ring (bicyclic) bond motifs is 2. The van der Waals surface area contributed by atoms with Crippen LogP contribution in [0.1, 0.15) is 66.5 Å². The van der Waals surface area contributed by atoms with Crippen molar-refractivity contribution in [1.29, 1.82) is 0 Å². The van der Waals surface area contributed by atoms with E-state index in [4.69, 9.17) is 4.74 Å². The lowest BCUT2D eigenvalue weighted by molar-refractivity contribution is 0.313. The third-order valence-electron chi connectivity index (χ3n) is 5.40. The molecule has 0 spiro atoms. The smallest absolute Gasteiger partial charge is 0.147 e. The molecule has 1 atom stereocenters. The molecule has 0 saturated carbocycles. The van der Waals surface area contributed by atoms with E-state index in [1.165, 1.54) is 36.0 Å². The molecule has 1 N–H and O–H groups in total. The average molecular weight is 340 g/mol. The van der Waals surface area contributed by atoms with Gasteiger partial charge in [0.05, 0.1) is 13.2 Å². The number of aryl methyl sites for hydroxylation is 3. The van der Waals surface area contributed by atoms with Gasteiger partial charge in [0.1, 0.15) is 17.4 Å². The fraction of sp³-hybridized carbons (Fsp3) is 0.600. The molecule has 0 saturated heterocycles. The average Bonchev–Trinajstić information content (AvgIpc) is 2.77. The molecule has 4 rings (SSSR count). The molecule has 25 heavy (non-hydrogen) atoms. The quantitative estimate of drug-likeness (QED) is 0.927. The summed E-state index contributed by atoms with van der Waals surface area (Å²) in [6.07, 6.45) is 6.99. The molecule has 1 unspecified atom stereocenters. The summed E-state index contributed by atoms with van der Waals surface area (Å²) < 4.78 is 8.36. The summed E-state index contributed by atoms with van der Waals surface area (Å²) in [5, 5.41) is 12.6. The highest BCUT2D eigenvalue weighted by Crippen LogP contribution is 2.35. The molecule has 0 amide bonds. The van der Waals surface area contributed by atoms with Crippen molar-refractivity contribution in [2.75, 3.05) is 6.61 Å². The molecule has 2 aliphatic heterocycles. The van der Waals surface area contributed by atoms with Crippen molar-refractivity contribution in [3.63, 3.8) is 0 Å². The zero-order valence-corrected chi connectivity index (χ0v) is 15.3. The number of aromatic nitrogens is 3. The third kappa shape index (κ3) is 3.43. The van der Waals surface area contributed by atoms with Crippen LogP contribution in [0.5, 0.6) is 5.75 Å². The Balaban J connectivity index is 1.55. The van der Waals surface area contributed by atoms with Crippen molar-refractivity contribution in [3.05, 3.63) is 40.5 Å². The van der Waals surface area contributed by atoms with Crippen LogP contribution in [0.3, 0.4) is 0 Å². The molecule has 5 nitrogen and oxygen atoms in total. The molecule has 2 aromatic rings. The normalized spacial score (nSPS) is 20.2. The molecule has 3 heterocycles. The first-order chi connectivity index (χ1) is 12.2. The molecule has 5 heteroatoms. The second-order valence-electron chi connectivity index (χ2n) is 7.42.